The first kappa shape index (κ1) is 18.5. The summed E-state index contributed by atoms with van der Waals surface area (Å²) >= 11 is 0. The summed E-state index contributed by atoms with van der Waals surface area (Å²) in [5.41, 5.74) is 0.893. The van der Waals surface area contributed by atoms with Gasteiger partial charge in [0.05, 0.1) is 12.3 Å². The average molecular weight is 363 g/mol. The molecule has 1 fully saturated rings. The fraction of sp³-hybridized carbons (Fsp3) is 0.706. The van der Waals surface area contributed by atoms with Gasteiger partial charge in [-0.3, -0.25) is 14.6 Å². The molecule has 1 unspecified atom stereocenters. The van der Waals surface area contributed by atoms with Crippen molar-refractivity contribution < 1.29 is 18.9 Å². The van der Waals surface area contributed by atoms with Crippen molar-refractivity contribution in [2.24, 2.45) is 16.0 Å². The predicted octanol–water partition coefficient (Wildman–Crippen LogP) is 0.414. The zero-order chi connectivity index (χ0) is 19.0. The Hall–Kier alpha value is -2.29. The number of urea groups is 1. The quantitative estimate of drug-likeness (QED) is 0.506. The van der Waals surface area contributed by atoms with Crippen molar-refractivity contribution in [3.63, 3.8) is 0 Å². The molecule has 3 rings (SSSR count). The molecule has 9 nitrogen and oxygen atoms in total. The van der Waals surface area contributed by atoms with Crippen LogP contribution in [0.1, 0.15) is 27.7 Å². The minimum Gasteiger partial charge on any atom is -0.378 e. The van der Waals surface area contributed by atoms with Crippen LogP contribution in [0, 0.1) is 5.92 Å². The van der Waals surface area contributed by atoms with E-state index in [1.165, 1.54) is 9.80 Å². The van der Waals surface area contributed by atoms with Gasteiger partial charge in [-0.2, -0.15) is 0 Å². The summed E-state index contributed by atoms with van der Waals surface area (Å²) in [6.45, 7) is 10.5. The number of carbonyl (C=O) groups excluding carboxylic acids is 2. The molecule has 142 valence electrons. The van der Waals surface area contributed by atoms with Crippen molar-refractivity contribution in [3.05, 3.63) is 0 Å². The molecule has 0 radical (unpaired) electrons. The van der Waals surface area contributed by atoms with Gasteiger partial charge < -0.3 is 4.74 Å². The molecule has 0 spiro atoms. The second-order valence-electron chi connectivity index (χ2n) is 7.14. The van der Waals surface area contributed by atoms with Crippen LogP contribution in [0.3, 0.4) is 0 Å². The van der Waals surface area contributed by atoms with Crippen LogP contribution < -0.4 is 0 Å². The second kappa shape index (κ2) is 7.14. The molecule has 0 aromatic carbocycles. The molecule has 0 bridgehead atoms. The smallest absolute Gasteiger partial charge is 0.378 e. The van der Waals surface area contributed by atoms with Gasteiger partial charge in [-0.1, -0.05) is 18.8 Å². The minimum atomic E-state index is -0.577. The van der Waals surface area contributed by atoms with Crippen LogP contribution in [0.25, 0.3) is 0 Å². The molecular weight excluding hydrogens is 336 g/mol. The number of fused-ring (bicyclic) bond motifs is 2. The lowest BCUT2D eigenvalue weighted by Gasteiger charge is -2.35. The van der Waals surface area contributed by atoms with Crippen LogP contribution >= 0.6 is 0 Å². The minimum absolute atomic E-state index is 0.201. The highest BCUT2D eigenvalue weighted by molar-refractivity contribution is 6.23. The number of hydrazone groups is 1. The summed E-state index contributed by atoms with van der Waals surface area (Å²) < 4.78 is 7.36. The Morgan fingerprint density at radius 3 is 2.73 bits per heavy atom. The first-order chi connectivity index (χ1) is 12.3. The summed E-state index contributed by atoms with van der Waals surface area (Å²) in [6.07, 6.45) is 0. The van der Waals surface area contributed by atoms with Crippen LogP contribution in [0.2, 0.25) is 0 Å². The number of nitrogens with zero attached hydrogens (tertiary/aromatic N) is 6. The average Bonchev–Trinajstić information content (AvgIpc) is 2.96. The van der Waals surface area contributed by atoms with Gasteiger partial charge in [0.2, 0.25) is 11.9 Å². The van der Waals surface area contributed by atoms with Gasteiger partial charge in [0, 0.05) is 20.2 Å². The zero-order valence-corrected chi connectivity index (χ0v) is 16.1. The topological polar surface area (TPSA) is 80.8 Å². The lowest BCUT2D eigenvalue weighted by atomic mass is 10.1. The van der Waals surface area contributed by atoms with Crippen molar-refractivity contribution in [1.82, 2.24) is 14.8 Å². The van der Waals surface area contributed by atoms with Gasteiger partial charge >= 0.3 is 12.0 Å². The number of amides is 3. The number of ether oxygens (including phenoxy) is 1. The van der Waals surface area contributed by atoms with Crippen LogP contribution in [0.4, 0.5) is 4.79 Å². The summed E-state index contributed by atoms with van der Waals surface area (Å²) in [4.78, 5) is 33.1. The highest BCUT2D eigenvalue weighted by atomic mass is 16.5. The maximum atomic E-state index is 13.1. The third-order valence-electron chi connectivity index (χ3n) is 4.51. The SMILES string of the molecule is CCOCCN1N=C(C)C[N+]2=C1N=C1C2C(=O)N(CC(C)C)C(=O)N1C. The number of likely N-dealkylation sites (N-methyl/N-ethyl adjacent to an activating group) is 1. The van der Waals surface area contributed by atoms with Crippen molar-refractivity contribution in [3.8, 4) is 0 Å². The number of hydrogen-bond donors (Lipinski definition) is 0. The highest BCUT2D eigenvalue weighted by Crippen LogP contribution is 2.23. The Labute approximate surface area is 153 Å². The van der Waals surface area contributed by atoms with E-state index in [2.05, 4.69) is 10.1 Å². The number of amidine groups is 1. The largest absolute Gasteiger partial charge is 0.416 e. The Balaban J connectivity index is 1.92. The van der Waals surface area contributed by atoms with Gasteiger partial charge in [0.1, 0.15) is 13.1 Å². The maximum absolute atomic E-state index is 13.1. The fourth-order valence-electron chi connectivity index (χ4n) is 3.38. The van der Waals surface area contributed by atoms with E-state index in [1.807, 2.05) is 32.3 Å². The number of carbonyl (C=O) groups is 2. The van der Waals surface area contributed by atoms with E-state index in [0.717, 1.165) is 5.71 Å². The van der Waals surface area contributed by atoms with E-state index in [4.69, 9.17) is 4.74 Å². The fourth-order valence-corrected chi connectivity index (χ4v) is 3.38. The molecule has 26 heavy (non-hydrogen) atoms. The number of rotatable bonds is 6. The Morgan fingerprint density at radius 1 is 1.35 bits per heavy atom. The summed E-state index contributed by atoms with van der Waals surface area (Å²) in [5, 5.41) is 6.31. The molecule has 3 amide bonds. The van der Waals surface area contributed by atoms with E-state index < -0.39 is 6.04 Å². The third kappa shape index (κ3) is 3.11. The highest BCUT2D eigenvalue weighted by Gasteiger charge is 2.54. The zero-order valence-electron chi connectivity index (χ0n) is 16.1. The molecule has 1 saturated heterocycles. The monoisotopic (exact) mass is 363 g/mol. The van der Waals surface area contributed by atoms with Crippen molar-refractivity contribution >= 4 is 29.4 Å². The predicted molar refractivity (Wildman–Crippen MR) is 97.4 cm³/mol. The van der Waals surface area contributed by atoms with Crippen LogP contribution in [-0.2, 0) is 9.53 Å². The van der Waals surface area contributed by atoms with Gasteiger partial charge in [-0.15, -0.1) is 10.1 Å². The molecule has 1 atom stereocenters. The first-order valence-corrected chi connectivity index (χ1v) is 9.05. The Morgan fingerprint density at radius 2 is 2.08 bits per heavy atom. The standard InChI is InChI=1S/C17H27N6O3/c1-6-26-8-7-23-16-18-14-13(21(16)10-12(4)19-23)15(24)22(9-11(2)3)17(25)20(14)5/h11,13H,6-10H2,1-5H3/q+1. The molecule has 0 aromatic heterocycles. The van der Waals surface area contributed by atoms with Gasteiger partial charge in [0.15, 0.2) is 0 Å². The molecule has 0 aliphatic carbocycles. The number of guanidine groups is 1. The number of aliphatic imine (C=N–C) groups is 1. The second-order valence-corrected chi connectivity index (χ2v) is 7.14. The first-order valence-electron chi connectivity index (χ1n) is 9.05. The molecule has 0 saturated carbocycles. The van der Waals surface area contributed by atoms with Gasteiger partial charge in [-0.05, 0) is 19.8 Å². The molecule has 3 aliphatic heterocycles. The number of imide groups is 1. The van der Waals surface area contributed by atoms with Gasteiger partial charge in [-0.25, -0.2) is 9.37 Å². The third-order valence-corrected chi connectivity index (χ3v) is 4.51. The van der Waals surface area contributed by atoms with Crippen molar-refractivity contribution in [2.45, 2.75) is 33.7 Å². The Bertz CT molecular complexity index is 711. The van der Waals surface area contributed by atoms with Crippen molar-refractivity contribution in [2.75, 3.05) is 39.9 Å². The molecule has 3 aliphatic rings. The van der Waals surface area contributed by atoms with Crippen LogP contribution in [-0.4, -0.2) is 94.8 Å². The van der Waals surface area contributed by atoms with E-state index in [9.17, 15) is 9.59 Å². The molecular formula is C17H27N6O3+. The maximum Gasteiger partial charge on any atom is 0.416 e. The normalized spacial score (nSPS) is 22.8. The molecule has 9 heteroatoms. The van der Waals surface area contributed by atoms with Gasteiger partial charge in [0.25, 0.3) is 5.91 Å². The molecule has 0 N–H and O–H groups in total. The van der Waals surface area contributed by atoms with Crippen molar-refractivity contribution in [1.29, 1.82) is 0 Å². The van der Waals surface area contributed by atoms with Crippen LogP contribution in [0.5, 0.6) is 0 Å². The van der Waals surface area contributed by atoms with E-state index in [-0.39, 0.29) is 17.9 Å². The van der Waals surface area contributed by atoms with E-state index in [1.54, 1.807) is 12.1 Å². The van der Waals surface area contributed by atoms with E-state index >= 15 is 0 Å². The lowest BCUT2D eigenvalue weighted by molar-refractivity contribution is -0.527. The van der Waals surface area contributed by atoms with Crippen LogP contribution in [0.15, 0.2) is 10.1 Å². The van der Waals surface area contributed by atoms with E-state index in [0.29, 0.717) is 44.6 Å². The summed E-state index contributed by atoms with van der Waals surface area (Å²) in [6, 6.07) is -0.899. The summed E-state index contributed by atoms with van der Waals surface area (Å²) in [5.74, 6) is 1.07. The summed E-state index contributed by atoms with van der Waals surface area (Å²) in [7, 11) is 1.67. The molecule has 0 aromatic rings. The molecule has 3 heterocycles. The number of hydrogen-bond acceptors (Lipinski definition) is 6. The Kier molecular flexibility index (Phi) is 5.08. The lowest BCUT2D eigenvalue weighted by Crippen LogP contribution is -2.63.